The van der Waals surface area contributed by atoms with Crippen molar-refractivity contribution in [1.82, 2.24) is 10.2 Å². The largest absolute Gasteiger partial charge is 0.364 e. The van der Waals surface area contributed by atoms with Gasteiger partial charge in [0, 0.05) is 11.6 Å². The molecule has 7 nitrogen and oxygen atoms in total. The maximum Gasteiger partial charge on any atom is 0.295 e. The minimum Gasteiger partial charge on any atom is -0.364 e. The lowest BCUT2D eigenvalue weighted by atomic mass is 9.84. The molecule has 8 heteroatoms. The Morgan fingerprint density at radius 1 is 0.846 bits per heavy atom. The second-order valence-electron chi connectivity index (χ2n) is 10.5. The fraction of sp³-hybridized carbons (Fsp3) is 0.387. The Morgan fingerprint density at radius 2 is 1.46 bits per heavy atom. The Labute approximate surface area is 231 Å². The number of sulfonamides is 1. The van der Waals surface area contributed by atoms with Crippen LogP contribution >= 0.6 is 0 Å². The first kappa shape index (κ1) is 27.2. The van der Waals surface area contributed by atoms with Crippen LogP contribution < -0.4 is 14.6 Å². The van der Waals surface area contributed by atoms with Crippen LogP contribution in [0.4, 0.5) is 5.69 Å². The smallest absolute Gasteiger partial charge is 0.295 e. The predicted octanol–water partition coefficient (Wildman–Crippen LogP) is 5.65. The fourth-order valence-corrected chi connectivity index (χ4v) is 6.73. The van der Waals surface area contributed by atoms with Crippen molar-refractivity contribution in [3.05, 3.63) is 90.5 Å². The summed E-state index contributed by atoms with van der Waals surface area (Å²) in [5.41, 5.74) is 0.819. The molecule has 3 aromatic carbocycles. The number of nitrogens with zero attached hydrogens (tertiary/aromatic N) is 2. The van der Waals surface area contributed by atoms with Gasteiger partial charge < -0.3 is 15.1 Å². The maximum absolute atomic E-state index is 13.6. The summed E-state index contributed by atoms with van der Waals surface area (Å²) in [4.78, 5) is 21.4. The second-order valence-corrected chi connectivity index (χ2v) is 12.3. The number of hydrogen-bond acceptors (Lipinski definition) is 5. The summed E-state index contributed by atoms with van der Waals surface area (Å²) in [6.45, 7) is 3.70. The van der Waals surface area contributed by atoms with E-state index < -0.39 is 10.0 Å². The van der Waals surface area contributed by atoms with Gasteiger partial charge in [-0.3, -0.25) is 4.79 Å². The Morgan fingerprint density at radius 3 is 2.10 bits per heavy atom. The molecule has 1 aliphatic carbocycles. The van der Waals surface area contributed by atoms with Crippen LogP contribution in [0.3, 0.4) is 0 Å². The molecule has 5 rings (SSSR count). The molecule has 0 atom stereocenters. The molecule has 0 aromatic heterocycles. The zero-order chi connectivity index (χ0) is 27.1. The van der Waals surface area contributed by atoms with E-state index in [1.54, 1.807) is 60.7 Å². The second kappa shape index (κ2) is 12.7. The van der Waals surface area contributed by atoms with Gasteiger partial charge in [-0.05, 0) is 119 Å². The monoisotopic (exact) mass is 547 g/mol. The molecule has 0 radical (unpaired) electrons. The minimum absolute atomic E-state index is 0.0392. The van der Waals surface area contributed by atoms with Crippen LogP contribution in [0.1, 0.15) is 55.3 Å². The summed E-state index contributed by atoms with van der Waals surface area (Å²) >= 11 is 0. The zero-order valence-electron chi connectivity index (χ0n) is 22.2. The highest BCUT2D eigenvalue weighted by Crippen LogP contribution is 2.29. The molecule has 1 aliphatic heterocycles. The van der Waals surface area contributed by atoms with E-state index in [1.807, 2.05) is 12.1 Å². The first-order chi connectivity index (χ1) is 19.0. The predicted molar refractivity (Wildman–Crippen MR) is 153 cm³/mol. The van der Waals surface area contributed by atoms with Crippen LogP contribution in [0, 0.1) is 5.92 Å². The van der Waals surface area contributed by atoms with Crippen molar-refractivity contribution in [1.29, 1.82) is 0 Å². The van der Waals surface area contributed by atoms with Crippen molar-refractivity contribution in [2.45, 2.75) is 55.9 Å². The Balaban J connectivity index is 1.20. The van der Waals surface area contributed by atoms with Gasteiger partial charge in [-0.1, -0.05) is 40.9 Å². The van der Waals surface area contributed by atoms with E-state index in [0.29, 0.717) is 17.0 Å². The molecule has 1 amide bonds. The third-order valence-electron chi connectivity index (χ3n) is 7.77. The van der Waals surface area contributed by atoms with Crippen LogP contribution in [0.2, 0.25) is 0 Å². The Hall–Kier alpha value is -3.36. The fourth-order valence-electron chi connectivity index (χ4n) is 5.48. The molecule has 0 unspecified atom stereocenters. The molecular formula is C31H37N3O4S. The summed E-state index contributed by atoms with van der Waals surface area (Å²) in [6, 6.07) is 23.6. The van der Waals surface area contributed by atoms with E-state index in [2.05, 4.69) is 10.2 Å². The highest BCUT2D eigenvalue weighted by atomic mass is 32.2. The minimum atomic E-state index is -4.06. The van der Waals surface area contributed by atoms with Crippen LogP contribution in [0.15, 0.2) is 89.8 Å². The first-order valence-electron chi connectivity index (χ1n) is 14.0. The summed E-state index contributed by atoms with van der Waals surface area (Å²) < 4.78 is 28.1. The van der Waals surface area contributed by atoms with E-state index in [4.69, 9.17) is 4.84 Å². The quantitative estimate of drug-likeness (QED) is 0.332. The number of para-hydroxylation sites is 2. The van der Waals surface area contributed by atoms with E-state index in [1.165, 1.54) is 51.0 Å². The van der Waals surface area contributed by atoms with Crippen molar-refractivity contribution < 1.29 is 18.0 Å². The topological polar surface area (TPSA) is 79.0 Å². The summed E-state index contributed by atoms with van der Waals surface area (Å²) in [7, 11) is -4.06. The average molecular weight is 548 g/mol. The van der Waals surface area contributed by atoms with Gasteiger partial charge in [-0.2, -0.15) is 8.42 Å². The number of anilines is 1. The summed E-state index contributed by atoms with van der Waals surface area (Å²) in [5, 5.41) is 3.16. The van der Waals surface area contributed by atoms with Gasteiger partial charge >= 0.3 is 0 Å². The number of rotatable bonds is 10. The van der Waals surface area contributed by atoms with E-state index >= 15 is 0 Å². The summed E-state index contributed by atoms with van der Waals surface area (Å²) in [6.07, 6.45) is 8.19. The number of likely N-dealkylation sites (tertiary alicyclic amines) is 1. The maximum atomic E-state index is 13.6. The van der Waals surface area contributed by atoms with Crippen molar-refractivity contribution in [3.8, 4) is 5.75 Å². The summed E-state index contributed by atoms with van der Waals surface area (Å²) in [5.74, 6) is 0.973. The lowest BCUT2D eigenvalue weighted by Gasteiger charge is -2.30. The van der Waals surface area contributed by atoms with E-state index in [0.717, 1.165) is 36.1 Å². The number of carbonyl (C=O) groups excluding carboxylic acids is 1. The SMILES string of the molecule is O=C(NC1CCC(CCN2CCCC2)CC1)c1ccc(S(=O)(=O)N(Oc2ccccc2)c2ccccc2)cc1. The number of carbonyl (C=O) groups is 1. The van der Waals surface area contributed by atoms with Gasteiger partial charge in [0.2, 0.25) is 0 Å². The molecule has 0 spiro atoms. The molecule has 0 bridgehead atoms. The van der Waals surface area contributed by atoms with E-state index in [9.17, 15) is 13.2 Å². The normalized spacial score (nSPS) is 19.9. The molecule has 1 N–H and O–H groups in total. The molecule has 1 heterocycles. The molecule has 39 heavy (non-hydrogen) atoms. The molecule has 3 aromatic rings. The standard InChI is InChI=1S/C31H37N3O4S/c35-31(32-27-17-13-25(14-18-27)21-24-33-22-7-8-23-33)26-15-19-30(20-16-26)39(36,37)34(28-9-3-1-4-10-28)38-29-11-5-2-6-12-29/h1-6,9-12,15-16,19-20,25,27H,7-8,13-14,17-18,21-24H2,(H,32,35). The zero-order valence-corrected chi connectivity index (χ0v) is 23.1. The van der Waals surface area contributed by atoms with Crippen molar-refractivity contribution in [2.75, 3.05) is 24.1 Å². The highest BCUT2D eigenvalue weighted by Gasteiger charge is 2.28. The third-order valence-corrected chi connectivity index (χ3v) is 9.36. The number of benzene rings is 3. The lowest BCUT2D eigenvalue weighted by Crippen LogP contribution is -2.38. The number of amides is 1. The average Bonchev–Trinajstić information content (AvgIpc) is 3.50. The van der Waals surface area contributed by atoms with Gasteiger partial charge in [-0.15, -0.1) is 0 Å². The molecule has 2 aliphatic rings. The van der Waals surface area contributed by atoms with Crippen LogP contribution in [0.25, 0.3) is 0 Å². The van der Waals surface area contributed by atoms with Gasteiger partial charge in [0.15, 0.2) is 5.75 Å². The van der Waals surface area contributed by atoms with Gasteiger partial charge in [-0.25, -0.2) is 0 Å². The number of hydrogen-bond donors (Lipinski definition) is 1. The van der Waals surface area contributed by atoms with Gasteiger partial charge in [0.1, 0.15) is 0 Å². The van der Waals surface area contributed by atoms with Gasteiger partial charge in [0.25, 0.3) is 15.9 Å². The molecule has 206 valence electrons. The first-order valence-corrected chi connectivity index (χ1v) is 15.4. The molecule has 1 saturated carbocycles. The van der Waals surface area contributed by atoms with Crippen molar-refractivity contribution in [2.24, 2.45) is 5.92 Å². The lowest BCUT2D eigenvalue weighted by molar-refractivity contribution is 0.0920. The van der Waals surface area contributed by atoms with Crippen LogP contribution in [-0.4, -0.2) is 44.9 Å². The van der Waals surface area contributed by atoms with Crippen LogP contribution in [0.5, 0.6) is 5.75 Å². The molecule has 2 fully saturated rings. The highest BCUT2D eigenvalue weighted by molar-refractivity contribution is 7.92. The molecular weight excluding hydrogens is 510 g/mol. The van der Waals surface area contributed by atoms with Gasteiger partial charge in [0.05, 0.1) is 10.6 Å². The third kappa shape index (κ3) is 6.99. The number of nitrogens with one attached hydrogen (secondary N) is 1. The van der Waals surface area contributed by atoms with Crippen molar-refractivity contribution in [3.63, 3.8) is 0 Å². The molecule has 1 saturated heterocycles. The Kier molecular flexibility index (Phi) is 8.84. The van der Waals surface area contributed by atoms with E-state index in [-0.39, 0.29) is 16.8 Å². The van der Waals surface area contributed by atoms with Crippen LogP contribution in [-0.2, 0) is 10.0 Å². The Bertz CT molecular complexity index is 1300. The van der Waals surface area contributed by atoms with Crippen molar-refractivity contribution >= 4 is 21.6 Å².